The Labute approximate surface area is 185 Å². The van der Waals surface area contributed by atoms with Gasteiger partial charge in [0.1, 0.15) is 5.75 Å². The minimum absolute atomic E-state index is 0.109. The lowest BCUT2D eigenvalue weighted by Gasteiger charge is -2.43. The first-order valence-corrected chi connectivity index (χ1v) is 11.3. The van der Waals surface area contributed by atoms with Gasteiger partial charge in [-0.15, -0.1) is 0 Å². The molecule has 3 rings (SSSR count). The second-order valence-electron chi connectivity index (χ2n) is 9.02. The van der Waals surface area contributed by atoms with E-state index < -0.39 is 0 Å². The zero-order chi connectivity index (χ0) is 21.6. The van der Waals surface area contributed by atoms with Crippen LogP contribution >= 0.6 is 11.6 Å². The second-order valence-corrected chi connectivity index (χ2v) is 9.46. The first-order chi connectivity index (χ1) is 14.4. The number of carbonyl (C=O) groups excluding carboxylic acids is 2. The standard InChI is InChI=1S/C23H34ClN3O3/c1-25(2)16-22(29)27-13-7-10-23(17-27,15-21(28)26-11-4-3-5-12-26)18-30-20-9-6-8-19(24)14-20/h6,8-9,14H,3-5,7,10-13,15-18H2,1-2H3/t23-/m0/s1. The fourth-order valence-electron chi connectivity index (χ4n) is 4.47. The lowest BCUT2D eigenvalue weighted by molar-refractivity contribution is -0.142. The van der Waals surface area contributed by atoms with Gasteiger partial charge in [0.2, 0.25) is 11.8 Å². The van der Waals surface area contributed by atoms with E-state index in [0.717, 1.165) is 45.3 Å². The second kappa shape index (κ2) is 10.5. The van der Waals surface area contributed by atoms with Crippen molar-refractivity contribution in [1.82, 2.24) is 14.7 Å². The molecule has 0 aromatic heterocycles. The molecule has 2 fully saturated rings. The van der Waals surface area contributed by atoms with Crippen molar-refractivity contribution in [2.75, 3.05) is 53.4 Å². The summed E-state index contributed by atoms with van der Waals surface area (Å²) in [5.41, 5.74) is -0.378. The zero-order valence-electron chi connectivity index (χ0n) is 18.2. The maximum absolute atomic E-state index is 13.1. The van der Waals surface area contributed by atoms with Crippen LogP contribution in [0.15, 0.2) is 24.3 Å². The highest BCUT2D eigenvalue weighted by Crippen LogP contribution is 2.36. The minimum Gasteiger partial charge on any atom is -0.493 e. The predicted octanol–water partition coefficient (Wildman–Crippen LogP) is 3.29. The number of rotatable bonds is 7. The van der Waals surface area contributed by atoms with E-state index in [2.05, 4.69) is 0 Å². The number of hydrogen-bond donors (Lipinski definition) is 0. The van der Waals surface area contributed by atoms with Crippen molar-refractivity contribution in [3.63, 3.8) is 0 Å². The third-order valence-electron chi connectivity index (χ3n) is 6.04. The summed E-state index contributed by atoms with van der Waals surface area (Å²) in [6.07, 6.45) is 5.51. The van der Waals surface area contributed by atoms with Crippen LogP contribution in [0.2, 0.25) is 5.02 Å². The van der Waals surface area contributed by atoms with Crippen molar-refractivity contribution < 1.29 is 14.3 Å². The zero-order valence-corrected chi connectivity index (χ0v) is 19.0. The molecule has 0 spiro atoms. The van der Waals surface area contributed by atoms with Gasteiger partial charge in [0.25, 0.3) is 0 Å². The lowest BCUT2D eigenvalue weighted by Crippen LogP contribution is -2.52. The first-order valence-electron chi connectivity index (χ1n) is 11.0. The fraction of sp³-hybridized carbons (Fsp3) is 0.652. The SMILES string of the molecule is CN(C)CC(=O)N1CCC[C@](COc2cccc(Cl)c2)(CC(=O)N2CCCCC2)C1. The highest BCUT2D eigenvalue weighted by atomic mass is 35.5. The Morgan fingerprint density at radius 1 is 1.07 bits per heavy atom. The van der Waals surface area contributed by atoms with E-state index in [1.165, 1.54) is 6.42 Å². The van der Waals surface area contributed by atoms with Gasteiger partial charge >= 0.3 is 0 Å². The van der Waals surface area contributed by atoms with Crippen LogP contribution in [0.5, 0.6) is 5.75 Å². The maximum atomic E-state index is 13.1. The molecule has 7 heteroatoms. The number of nitrogens with zero attached hydrogens (tertiary/aromatic N) is 3. The summed E-state index contributed by atoms with van der Waals surface area (Å²) in [6, 6.07) is 7.34. The summed E-state index contributed by atoms with van der Waals surface area (Å²) in [5, 5.41) is 0.623. The van der Waals surface area contributed by atoms with Gasteiger partial charge in [-0.3, -0.25) is 9.59 Å². The van der Waals surface area contributed by atoms with Crippen molar-refractivity contribution >= 4 is 23.4 Å². The molecular weight excluding hydrogens is 402 g/mol. The molecule has 0 aliphatic carbocycles. The Kier molecular flexibility index (Phi) is 8.00. The summed E-state index contributed by atoms with van der Waals surface area (Å²) >= 11 is 6.10. The monoisotopic (exact) mass is 435 g/mol. The number of ether oxygens (including phenoxy) is 1. The normalized spacial score (nSPS) is 22.3. The predicted molar refractivity (Wildman–Crippen MR) is 119 cm³/mol. The molecule has 6 nitrogen and oxygen atoms in total. The number of carbonyl (C=O) groups is 2. The summed E-state index contributed by atoms with van der Waals surface area (Å²) in [7, 11) is 3.80. The van der Waals surface area contributed by atoms with Crippen LogP contribution in [-0.4, -0.2) is 79.9 Å². The molecule has 0 N–H and O–H groups in total. The molecule has 30 heavy (non-hydrogen) atoms. The van der Waals surface area contributed by atoms with Crippen LogP contribution in [0.25, 0.3) is 0 Å². The number of halogens is 1. The van der Waals surface area contributed by atoms with Gasteiger partial charge in [0, 0.05) is 43.0 Å². The van der Waals surface area contributed by atoms with Gasteiger partial charge in [-0.1, -0.05) is 17.7 Å². The maximum Gasteiger partial charge on any atom is 0.236 e. The molecule has 2 heterocycles. The van der Waals surface area contributed by atoms with E-state index in [0.29, 0.717) is 36.9 Å². The number of likely N-dealkylation sites (tertiary alicyclic amines) is 2. The van der Waals surface area contributed by atoms with Crippen molar-refractivity contribution in [2.45, 2.75) is 38.5 Å². The smallest absolute Gasteiger partial charge is 0.236 e. The van der Waals surface area contributed by atoms with Crippen LogP contribution in [0.1, 0.15) is 38.5 Å². The molecule has 2 amide bonds. The molecule has 1 aromatic rings. The van der Waals surface area contributed by atoms with Crippen molar-refractivity contribution in [2.24, 2.45) is 5.41 Å². The Balaban J connectivity index is 1.74. The highest BCUT2D eigenvalue weighted by Gasteiger charge is 2.41. The molecular formula is C23H34ClN3O3. The first kappa shape index (κ1) is 22.9. The third kappa shape index (κ3) is 6.35. The van der Waals surface area contributed by atoms with Crippen LogP contribution in [0.3, 0.4) is 0 Å². The summed E-state index contributed by atoms with van der Waals surface area (Å²) in [5.74, 6) is 0.993. The number of benzene rings is 1. The molecule has 166 valence electrons. The number of piperidine rings is 2. The number of amides is 2. The molecule has 1 aromatic carbocycles. The molecule has 0 radical (unpaired) electrons. The van der Waals surface area contributed by atoms with Gasteiger partial charge < -0.3 is 19.4 Å². The average Bonchev–Trinajstić information content (AvgIpc) is 2.73. The third-order valence-corrected chi connectivity index (χ3v) is 6.28. The van der Waals surface area contributed by atoms with Gasteiger partial charge in [0.15, 0.2) is 0 Å². The number of hydrogen-bond acceptors (Lipinski definition) is 4. The van der Waals surface area contributed by atoms with E-state index in [9.17, 15) is 9.59 Å². The van der Waals surface area contributed by atoms with E-state index in [-0.39, 0.29) is 17.2 Å². The summed E-state index contributed by atoms with van der Waals surface area (Å²) in [4.78, 5) is 31.7. The van der Waals surface area contributed by atoms with E-state index >= 15 is 0 Å². The van der Waals surface area contributed by atoms with Crippen molar-refractivity contribution in [1.29, 1.82) is 0 Å². The van der Waals surface area contributed by atoms with Crippen LogP contribution in [-0.2, 0) is 9.59 Å². The van der Waals surface area contributed by atoms with Crippen molar-refractivity contribution in [3.8, 4) is 5.75 Å². The Hall–Kier alpha value is -1.79. The van der Waals surface area contributed by atoms with E-state index in [4.69, 9.17) is 16.3 Å². The molecule has 2 aliphatic heterocycles. The molecule has 1 atom stereocenters. The summed E-state index contributed by atoms with van der Waals surface area (Å²) in [6.45, 7) is 3.76. The largest absolute Gasteiger partial charge is 0.493 e. The average molecular weight is 436 g/mol. The topological polar surface area (TPSA) is 53.1 Å². The van der Waals surface area contributed by atoms with Gasteiger partial charge in [-0.2, -0.15) is 0 Å². The highest BCUT2D eigenvalue weighted by molar-refractivity contribution is 6.30. The van der Waals surface area contributed by atoms with Crippen LogP contribution < -0.4 is 4.74 Å². The summed E-state index contributed by atoms with van der Waals surface area (Å²) < 4.78 is 6.12. The quantitative estimate of drug-likeness (QED) is 0.659. The van der Waals surface area contributed by atoms with Gasteiger partial charge in [0.05, 0.1) is 13.2 Å². The number of likely N-dealkylation sites (N-methyl/N-ethyl adjacent to an activating group) is 1. The Bertz CT molecular complexity index is 736. The molecule has 2 aliphatic rings. The molecule has 0 bridgehead atoms. The fourth-order valence-corrected chi connectivity index (χ4v) is 4.65. The molecule has 2 saturated heterocycles. The van der Waals surface area contributed by atoms with Gasteiger partial charge in [-0.25, -0.2) is 0 Å². The minimum atomic E-state index is -0.378. The van der Waals surface area contributed by atoms with Crippen LogP contribution in [0.4, 0.5) is 0 Å². The Morgan fingerprint density at radius 2 is 1.80 bits per heavy atom. The lowest BCUT2D eigenvalue weighted by atomic mass is 9.77. The Morgan fingerprint density at radius 3 is 2.50 bits per heavy atom. The van der Waals surface area contributed by atoms with Gasteiger partial charge in [-0.05, 0) is 64.4 Å². The van der Waals surface area contributed by atoms with Crippen molar-refractivity contribution in [3.05, 3.63) is 29.3 Å². The van der Waals surface area contributed by atoms with E-state index in [1.807, 2.05) is 47.0 Å². The van der Waals surface area contributed by atoms with Crippen LogP contribution in [0, 0.1) is 5.41 Å². The molecule has 0 saturated carbocycles. The molecule has 0 unspecified atom stereocenters. The van der Waals surface area contributed by atoms with E-state index in [1.54, 1.807) is 6.07 Å².